The standard InChI is InChI=1S/C8H9F2N3O2/c1-13-11-5(6(12-13)7(14)15)4-2-3-8(4,9)10/h4H,2-3H2,1H3,(H,14,15). The first-order chi connectivity index (χ1) is 6.92. The maximum atomic E-state index is 13.1. The highest BCUT2D eigenvalue weighted by Gasteiger charge is 2.52. The molecule has 1 aliphatic carbocycles. The zero-order valence-corrected chi connectivity index (χ0v) is 7.94. The lowest BCUT2D eigenvalue weighted by molar-refractivity contribution is -0.0978. The maximum Gasteiger partial charge on any atom is 0.358 e. The van der Waals surface area contributed by atoms with Gasteiger partial charge in [0.25, 0.3) is 5.92 Å². The molecule has 1 atom stereocenters. The lowest BCUT2D eigenvalue weighted by atomic mass is 9.78. The highest BCUT2D eigenvalue weighted by molar-refractivity contribution is 5.86. The number of hydrogen-bond acceptors (Lipinski definition) is 3. The zero-order valence-electron chi connectivity index (χ0n) is 7.94. The van der Waals surface area contributed by atoms with E-state index in [0.29, 0.717) is 0 Å². The lowest BCUT2D eigenvalue weighted by Gasteiger charge is -2.34. The van der Waals surface area contributed by atoms with Gasteiger partial charge >= 0.3 is 5.97 Å². The summed E-state index contributed by atoms with van der Waals surface area (Å²) in [6.45, 7) is 0. The summed E-state index contributed by atoms with van der Waals surface area (Å²) < 4.78 is 26.1. The number of alkyl halides is 2. The number of rotatable bonds is 2. The monoisotopic (exact) mass is 217 g/mol. The normalized spacial score (nSPS) is 23.5. The van der Waals surface area contributed by atoms with Crippen LogP contribution in [0, 0.1) is 0 Å². The number of nitrogens with zero attached hydrogens (tertiary/aromatic N) is 3. The van der Waals surface area contributed by atoms with Gasteiger partial charge in [0.05, 0.1) is 5.92 Å². The van der Waals surface area contributed by atoms with Gasteiger partial charge in [-0.2, -0.15) is 9.90 Å². The number of aromatic carboxylic acids is 1. The van der Waals surface area contributed by atoms with E-state index in [1.807, 2.05) is 0 Å². The van der Waals surface area contributed by atoms with Crippen molar-refractivity contribution in [1.82, 2.24) is 15.0 Å². The van der Waals surface area contributed by atoms with Crippen molar-refractivity contribution in [2.45, 2.75) is 24.7 Å². The summed E-state index contributed by atoms with van der Waals surface area (Å²) in [4.78, 5) is 11.7. The Morgan fingerprint density at radius 2 is 2.27 bits per heavy atom. The maximum absolute atomic E-state index is 13.1. The van der Waals surface area contributed by atoms with Gasteiger partial charge in [-0.25, -0.2) is 13.6 Å². The van der Waals surface area contributed by atoms with Crippen LogP contribution in [0.3, 0.4) is 0 Å². The van der Waals surface area contributed by atoms with Crippen LogP contribution in [0.5, 0.6) is 0 Å². The fourth-order valence-corrected chi connectivity index (χ4v) is 1.65. The number of hydrogen-bond donors (Lipinski definition) is 1. The molecule has 5 nitrogen and oxygen atoms in total. The minimum absolute atomic E-state index is 0.110. The van der Waals surface area contributed by atoms with Crippen LogP contribution in [0.1, 0.15) is 34.9 Å². The molecule has 1 fully saturated rings. The summed E-state index contributed by atoms with van der Waals surface area (Å²) in [5.74, 6) is -5.27. The highest BCUT2D eigenvalue weighted by atomic mass is 19.3. The van der Waals surface area contributed by atoms with E-state index in [4.69, 9.17) is 5.11 Å². The number of aryl methyl sites for hydroxylation is 1. The summed E-state index contributed by atoms with van der Waals surface area (Å²) in [6.07, 6.45) is 0.0409. The van der Waals surface area contributed by atoms with E-state index in [-0.39, 0.29) is 24.2 Å². The van der Waals surface area contributed by atoms with Crippen molar-refractivity contribution < 1.29 is 18.7 Å². The minimum Gasteiger partial charge on any atom is -0.476 e. The van der Waals surface area contributed by atoms with Gasteiger partial charge in [-0.05, 0) is 6.42 Å². The molecule has 0 bridgehead atoms. The fourth-order valence-electron chi connectivity index (χ4n) is 1.65. The summed E-state index contributed by atoms with van der Waals surface area (Å²) >= 11 is 0. The predicted molar refractivity (Wildman–Crippen MR) is 44.9 cm³/mol. The second kappa shape index (κ2) is 2.98. The van der Waals surface area contributed by atoms with Crippen molar-refractivity contribution in [3.8, 4) is 0 Å². The van der Waals surface area contributed by atoms with Crippen molar-refractivity contribution in [2.75, 3.05) is 0 Å². The zero-order chi connectivity index (χ0) is 11.2. The molecule has 1 heterocycles. The largest absolute Gasteiger partial charge is 0.476 e. The summed E-state index contributed by atoms with van der Waals surface area (Å²) in [5, 5.41) is 16.0. The van der Waals surface area contributed by atoms with Gasteiger partial charge in [0.15, 0.2) is 5.69 Å². The molecule has 2 rings (SSSR count). The van der Waals surface area contributed by atoms with Crippen LogP contribution in [0.25, 0.3) is 0 Å². The third-order valence-corrected chi connectivity index (χ3v) is 2.55. The molecule has 0 aliphatic heterocycles. The SMILES string of the molecule is Cn1nc(C(=O)O)c(C2CCC2(F)F)n1. The quantitative estimate of drug-likeness (QED) is 0.803. The third kappa shape index (κ3) is 1.47. The molecule has 0 aromatic carbocycles. The molecule has 15 heavy (non-hydrogen) atoms. The first kappa shape index (κ1) is 10.0. The average molecular weight is 217 g/mol. The van der Waals surface area contributed by atoms with Crippen LogP contribution in [0.4, 0.5) is 8.78 Å². The van der Waals surface area contributed by atoms with E-state index in [0.717, 1.165) is 4.80 Å². The van der Waals surface area contributed by atoms with Gasteiger partial charge in [-0.3, -0.25) is 0 Å². The Labute approximate surface area is 83.7 Å². The Morgan fingerprint density at radius 1 is 1.60 bits per heavy atom. The van der Waals surface area contributed by atoms with Crippen molar-refractivity contribution in [3.05, 3.63) is 11.4 Å². The minimum atomic E-state index is -2.85. The van der Waals surface area contributed by atoms with Crippen LogP contribution < -0.4 is 0 Å². The molecule has 1 unspecified atom stereocenters. The van der Waals surface area contributed by atoms with Crippen molar-refractivity contribution in [2.24, 2.45) is 7.05 Å². The van der Waals surface area contributed by atoms with Crippen LogP contribution in [-0.2, 0) is 7.05 Å². The Kier molecular flexibility index (Phi) is 1.99. The Bertz CT molecular complexity index is 416. The molecule has 82 valence electrons. The summed E-state index contributed by atoms with van der Waals surface area (Å²) in [7, 11) is 1.41. The van der Waals surface area contributed by atoms with E-state index in [1.54, 1.807) is 0 Å². The van der Waals surface area contributed by atoms with Gasteiger partial charge in [0, 0.05) is 13.5 Å². The van der Waals surface area contributed by atoms with Crippen LogP contribution in [0.2, 0.25) is 0 Å². The Balaban J connectivity index is 2.39. The van der Waals surface area contributed by atoms with Gasteiger partial charge in [-0.1, -0.05) is 0 Å². The van der Waals surface area contributed by atoms with Crippen LogP contribution >= 0.6 is 0 Å². The van der Waals surface area contributed by atoms with Gasteiger partial charge in [-0.15, -0.1) is 5.10 Å². The van der Waals surface area contributed by atoms with Crippen molar-refractivity contribution in [1.29, 1.82) is 0 Å². The smallest absolute Gasteiger partial charge is 0.358 e. The molecule has 0 radical (unpaired) electrons. The van der Waals surface area contributed by atoms with Gasteiger partial charge in [0.1, 0.15) is 5.69 Å². The fraction of sp³-hybridized carbons (Fsp3) is 0.625. The van der Waals surface area contributed by atoms with Crippen molar-refractivity contribution >= 4 is 5.97 Å². The van der Waals surface area contributed by atoms with Crippen LogP contribution in [0.15, 0.2) is 0 Å². The number of carboxylic acid groups (broad SMARTS) is 1. The van der Waals surface area contributed by atoms with E-state index in [2.05, 4.69) is 10.2 Å². The lowest BCUT2D eigenvalue weighted by Crippen LogP contribution is -2.37. The second-order valence-electron chi connectivity index (χ2n) is 3.58. The van der Waals surface area contributed by atoms with E-state index < -0.39 is 17.8 Å². The second-order valence-corrected chi connectivity index (χ2v) is 3.58. The highest BCUT2D eigenvalue weighted by Crippen LogP contribution is 2.49. The Hall–Kier alpha value is -1.53. The number of halogens is 2. The van der Waals surface area contributed by atoms with Gasteiger partial charge < -0.3 is 5.11 Å². The first-order valence-corrected chi connectivity index (χ1v) is 4.44. The molecule has 1 saturated carbocycles. The number of aromatic nitrogens is 3. The van der Waals surface area contributed by atoms with E-state index in [9.17, 15) is 13.6 Å². The molecular weight excluding hydrogens is 208 g/mol. The molecular formula is C8H9F2N3O2. The molecule has 1 aromatic heterocycles. The number of carboxylic acids is 1. The molecule has 1 aromatic rings. The molecule has 1 aliphatic rings. The predicted octanol–water partition coefficient (Wildman–Crippen LogP) is 1.03. The van der Waals surface area contributed by atoms with Crippen molar-refractivity contribution in [3.63, 3.8) is 0 Å². The number of carbonyl (C=O) groups is 1. The average Bonchev–Trinajstić information content (AvgIpc) is 2.45. The van der Waals surface area contributed by atoms with E-state index in [1.165, 1.54) is 7.05 Å². The topological polar surface area (TPSA) is 68.0 Å². The molecule has 7 heteroatoms. The molecule has 0 spiro atoms. The molecule has 0 amide bonds. The molecule has 0 saturated heterocycles. The van der Waals surface area contributed by atoms with Crippen LogP contribution in [-0.4, -0.2) is 32.0 Å². The first-order valence-electron chi connectivity index (χ1n) is 4.44. The summed E-state index contributed by atoms with van der Waals surface area (Å²) in [6, 6.07) is 0. The summed E-state index contributed by atoms with van der Waals surface area (Å²) in [5.41, 5.74) is -0.483. The Morgan fingerprint density at radius 3 is 2.67 bits per heavy atom. The molecule has 1 N–H and O–H groups in total. The third-order valence-electron chi connectivity index (χ3n) is 2.55. The van der Waals surface area contributed by atoms with E-state index >= 15 is 0 Å². The van der Waals surface area contributed by atoms with Gasteiger partial charge in [0.2, 0.25) is 0 Å².